The first-order chi connectivity index (χ1) is 21.4. The number of benzene rings is 3. The molecule has 3 aromatic carbocycles. The molecule has 2 aliphatic rings. The third-order valence-electron chi connectivity index (χ3n) is 8.36. The van der Waals surface area contributed by atoms with Crippen molar-refractivity contribution in [1.29, 1.82) is 0 Å². The Morgan fingerprint density at radius 2 is 1.50 bits per heavy atom. The SMILES string of the molecule is O=C(NCCC1=CCCCC1)C(Cc1ccccc1)N(Cc1ccccc1)C(=O)CCc1ccc(S(=O)(=O)NC2CC2)cc1. The molecule has 0 radical (unpaired) electrons. The fourth-order valence-corrected chi connectivity index (χ4v) is 6.95. The molecule has 0 aromatic heterocycles. The van der Waals surface area contributed by atoms with Gasteiger partial charge in [0.15, 0.2) is 0 Å². The number of carbonyl (C=O) groups excluding carboxylic acids is 2. The number of nitrogens with zero attached hydrogens (tertiary/aromatic N) is 1. The monoisotopic (exact) mass is 613 g/mol. The Morgan fingerprint density at radius 3 is 2.14 bits per heavy atom. The molecule has 1 fully saturated rings. The van der Waals surface area contributed by atoms with Crippen LogP contribution in [0.2, 0.25) is 0 Å². The van der Waals surface area contributed by atoms with Crippen LogP contribution < -0.4 is 10.0 Å². The maximum atomic E-state index is 14.0. The molecule has 1 atom stereocenters. The minimum Gasteiger partial charge on any atom is -0.354 e. The summed E-state index contributed by atoms with van der Waals surface area (Å²) in [5.74, 6) is -0.265. The van der Waals surface area contributed by atoms with Crippen LogP contribution in [-0.4, -0.2) is 43.8 Å². The number of hydrogen-bond acceptors (Lipinski definition) is 4. The van der Waals surface area contributed by atoms with E-state index in [1.54, 1.807) is 29.2 Å². The van der Waals surface area contributed by atoms with Crippen molar-refractivity contribution in [2.75, 3.05) is 6.54 Å². The van der Waals surface area contributed by atoms with E-state index in [0.29, 0.717) is 25.9 Å². The Balaban J connectivity index is 1.31. The third-order valence-corrected chi connectivity index (χ3v) is 9.89. The molecule has 44 heavy (non-hydrogen) atoms. The van der Waals surface area contributed by atoms with Crippen molar-refractivity contribution in [2.45, 2.75) is 87.7 Å². The van der Waals surface area contributed by atoms with Gasteiger partial charge in [0, 0.05) is 32.0 Å². The van der Waals surface area contributed by atoms with E-state index < -0.39 is 16.1 Å². The summed E-state index contributed by atoms with van der Waals surface area (Å²) in [5, 5.41) is 3.15. The standard InChI is InChI=1S/C36H43N3O4S/c40-35(23-18-29-16-21-33(22-17-29)44(42,43)38-32-19-20-32)39(27-31-14-8-3-9-15-31)34(26-30-12-6-2-7-13-30)36(41)37-25-24-28-10-4-1-5-11-28/h2-3,6-10,12-17,21-22,32,34,38H,1,4-5,11,18-20,23-27H2,(H,37,41). The molecule has 0 spiro atoms. The summed E-state index contributed by atoms with van der Waals surface area (Å²) in [5.41, 5.74) is 4.21. The van der Waals surface area contributed by atoms with Gasteiger partial charge in [-0.3, -0.25) is 9.59 Å². The zero-order valence-corrected chi connectivity index (χ0v) is 26.1. The Labute approximate surface area is 261 Å². The average Bonchev–Trinajstić information content (AvgIpc) is 3.86. The van der Waals surface area contributed by atoms with Gasteiger partial charge in [0.25, 0.3) is 0 Å². The molecule has 1 saturated carbocycles. The quantitative estimate of drug-likeness (QED) is 0.215. The van der Waals surface area contributed by atoms with Gasteiger partial charge in [-0.2, -0.15) is 0 Å². The lowest BCUT2D eigenvalue weighted by atomic mass is 9.97. The molecular formula is C36H43N3O4S. The number of nitrogens with one attached hydrogen (secondary N) is 2. The van der Waals surface area contributed by atoms with Crippen molar-refractivity contribution >= 4 is 21.8 Å². The van der Waals surface area contributed by atoms with Crippen molar-refractivity contribution < 1.29 is 18.0 Å². The maximum Gasteiger partial charge on any atom is 0.243 e. The van der Waals surface area contributed by atoms with Crippen molar-refractivity contribution in [3.63, 3.8) is 0 Å². The van der Waals surface area contributed by atoms with Gasteiger partial charge in [0.1, 0.15) is 6.04 Å². The summed E-state index contributed by atoms with van der Waals surface area (Å²) in [6, 6.07) is 25.7. The Morgan fingerprint density at radius 1 is 0.818 bits per heavy atom. The van der Waals surface area contributed by atoms with Crippen LogP contribution in [-0.2, 0) is 39.0 Å². The zero-order valence-electron chi connectivity index (χ0n) is 25.3. The van der Waals surface area contributed by atoms with E-state index in [4.69, 9.17) is 0 Å². The lowest BCUT2D eigenvalue weighted by Gasteiger charge is -2.32. The summed E-state index contributed by atoms with van der Waals surface area (Å²) < 4.78 is 27.8. The Hall–Kier alpha value is -3.75. The van der Waals surface area contributed by atoms with E-state index in [9.17, 15) is 18.0 Å². The molecular weight excluding hydrogens is 570 g/mol. The van der Waals surface area contributed by atoms with Crippen LogP contribution >= 0.6 is 0 Å². The normalized spacial score (nSPS) is 15.7. The van der Waals surface area contributed by atoms with Gasteiger partial charge >= 0.3 is 0 Å². The third kappa shape index (κ3) is 9.37. The zero-order chi connectivity index (χ0) is 30.8. The second kappa shape index (κ2) is 15.3. The molecule has 0 bridgehead atoms. The minimum atomic E-state index is -3.53. The molecule has 232 valence electrons. The summed E-state index contributed by atoms with van der Waals surface area (Å²) >= 11 is 0. The fourth-order valence-electron chi connectivity index (χ4n) is 5.65. The number of allylic oxidation sites excluding steroid dienone is 1. The van der Waals surface area contributed by atoms with Crippen LogP contribution in [0.15, 0.2) is 101 Å². The first-order valence-electron chi connectivity index (χ1n) is 15.8. The van der Waals surface area contributed by atoms with Gasteiger partial charge in [-0.1, -0.05) is 84.4 Å². The molecule has 3 aromatic rings. The van der Waals surface area contributed by atoms with Crippen molar-refractivity contribution in [2.24, 2.45) is 0 Å². The fraction of sp³-hybridized carbons (Fsp3) is 0.389. The number of amides is 2. The van der Waals surface area contributed by atoms with Gasteiger partial charge < -0.3 is 10.2 Å². The second-order valence-corrected chi connectivity index (χ2v) is 13.6. The van der Waals surface area contributed by atoms with E-state index >= 15 is 0 Å². The molecule has 0 heterocycles. The number of sulfonamides is 1. The van der Waals surface area contributed by atoms with Crippen LogP contribution in [0.25, 0.3) is 0 Å². The Bertz CT molecular complexity index is 1520. The maximum absolute atomic E-state index is 14.0. The van der Waals surface area contributed by atoms with E-state index in [0.717, 1.165) is 48.8 Å². The van der Waals surface area contributed by atoms with Crippen molar-refractivity contribution in [3.05, 3.63) is 113 Å². The summed E-state index contributed by atoms with van der Waals surface area (Å²) in [7, 11) is -3.53. The van der Waals surface area contributed by atoms with Crippen molar-refractivity contribution in [1.82, 2.24) is 14.9 Å². The molecule has 1 unspecified atom stereocenters. The van der Waals surface area contributed by atoms with E-state index in [1.807, 2.05) is 60.7 Å². The van der Waals surface area contributed by atoms with Crippen LogP contribution in [0.3, 0.4) is 0 Å². The minimum absolute atomic E-state index is 0.0401. The number of carbonyl (C=O) groups is 2. The first kappa shape index (κ1) is 31.7. The molecule has 0 saturated heterocycles. The predicted molar refractivity (Wildman–Crippen MR) is 173 cm³/mol. The van der Waals surface area contributed by atoms with Crippen LogP contribution in [0.4, 0.5) is 0 Å². The van der Waals surface area contributed by atoms with Gasteiger partial charge in [-0.15, -0.1) is 0 Å². The van der Waals surface area contributed by atoms with Gasteiger partial charge in [0.2, 0.25) is 21.8 Å². The van der Waals surface area contributed by atoms with Crippen LogP contribution in [0.5, 0.6) is 0 Å². The first-order valence-corrected chi connectivity index (χ1v) is 17.3. The van der Waals surface area contributed by atoms with Gasteiger partial charge in [-0.25, -0.2) is 13.1 Å². The molecule has 2 N–H and O–H groups in total. The largest absolute Gasteiger partial charge is 0.354 e. The lowest BCUT2D eigenvalue weighted by Crippen LogP contribution is -2.50. The lowest BCUT2D eigenvalue weighted by molar-refractivity contribution is -0.141. The second-order valence-electron chi connectivity index (χ2n) is 11.9. The number of hydrogen-bond donors (Lipinski definition) is 2. The summed E-state index contributed by atoms with van der Waals surface area (Å²) in [4.78, 5) is 29.7. The van der Waals surface area contributed by atoms with Gasteiger partial charge in [0.05, 0.1) is 4.90 Å². The molecule has 0 aliphatic heterocycles. The highest BCUT2D eigenvalue weighted by atomic mass is 32.2. The van der Waals surface area contributed by atoms with Gasteiger partial charge in [-0.05, 0) is 80.2 Å². The van der Waals surface area contributed by atoms with Crippen LogP contribution in [0, 0.1) is 0 Å². The van der Waals surface area contributed by atoms with Crippen molar-refractivity contribution in [3.8, 4) is 0 Å². The summed E-state index contributed by atoms with van der Waals surface area (Å²) in [6.07, 6.45) is 10.6. The topological polar surface area (TPSA) is 95.6 Å². The molecule has 5 rings (SSSR count). The van der Waals surface area contributed by atoms with E-state index in [1.165, 1.54) is 18.4 Å². The smallest absolute Gasteiger partial charge is 0.243 e. The molecule has 2 amide bonds. The van der Waals surface area contributed by atoms with E-state index in [-0.39, 0.29) is 29.2 Å². The Kier molecular flexibility index (Phi) is 11.0. The predicted octanol–water partition coefficient (Wildman–Crippen LogP) is 5.71. The highest BCUT2D eigenvalue weighted by Crippen LogP contribution is 2.23. The molecule has 8 heteroatoms. The average molecular weight is 614 g/mol. The molecule has 2 aliphatic carbocycles. The highest BCUT2D eigenvalue weighted by Gasteiger charge is 2.31. The number of rotatable bonds is 15. The number of aryl methyl sites for hydroxylation is 1. The van der Waals surface area contributed by atoms with Crippen LogP contribution in [0.1, 0.15) is 68.1 Å². The molecule has 7 nitrogen and oxygen atoms in total. The highest BCUT2D eigenvalue weighted by molar-refractivity contribution is 7.89. The van der Waals surface area contributed by atoms with E-state index in [2.05, 4.69) is 16.1 Å². The summed E-state index contributed by atoms with van der Waals surface area (Å²) in [6.45, 7) is 0.869.